The van der Waals surface area contributed by atoms with Crippen molar-refractivity contribution in [2.45, 2.75) is 32.8 Å². The Morgan fingerprint density at radius 3 is 2.50 bits per heavy atom. The highest BCUT2D eigenvalue weighted by Gasteiger charge is 2.15. The van der Waals surface area contributed by atoms with Crippen LogP contribution < -0.4 is 10.6 Å². The molecule has 0 bridgehead atoms. The summed E-state index contributed by atoms with van der Waals surface area (Å²) in [6, 6.07) is 1.84. The Kier molecular flexibility index (Phi) is 6.48. The molecular weight excluding hydrogens is 344 g/mol. The van der Waals surface area contributed by atoms with Crippen LogP contribution in [0.15, 0.2) is 15.9 Å². The second kappa shape index (κ2) is 7.64. The number of amides is 2. The third kappa shape index (κ3) is 6.38. The van der Waals surface area contributed by atoms with Gasteiger partial charge in [-0.25, -0.2) is 4.79 Å². The summed E-state index contributed by atoms with van der Waals surface area (Å²) in [5, 5.41) is 7.29. The molecule has 0 aromatic carbocycles. The predicted octanol–water partition coefficient (Wildman–Crippen LogP) is 3.16. The number of hydrogen-bond donors (Lipinski definition) is 2. The van der Waals surface area contributed by atoms with Crippen LogP contribution in [-0.2, 0) is 4.74 Å². The van der Waals surface area contributed by atoms with Gasteiger partial charge in [-0.05, 0) is 54.6 Å². The lowest BCUT2D eigenvalue weighted by Gasteiger charge is -2.19. The fourth-order valence-electron chi connectivity index (χ4n) is 1.33. The van der Waals surface area contributed by atoms with Crippen molar-refractivity contribution in [3.8, 4) is 0 Å². The van der Waals surface area contributed by atoms with Crippen LogP contribution in [0.4, 0.5) is 4.79 Å². The molecule has 0 aliphatic rings. The molecular formula is C13H19BrN2O3S. The smallest absolute Gasteiger partial charge is 0.407 e. The van der Waals surface area contributed by atoms with E-state index in [0.29, 0.717) is 24.4 Å². The first kappa shape index (κ1) is 17.0. The number of carbonyl (C=O) groups is 2. The molecule has 7 heteroatoms. The van der Waals surface area contributed by atoms with Crippen molar-refractivity contribution in [3.63, 3.8) is 0 Å². The maximum Gasteiger partial charge on any atom is 0.407 e. The summed E-state index contributed by atoms with van der Waals surface area (Å²) in [4.78, 5) is 23.8. The van der Waals surface area contributed by atoms with Gasteiger partial charge in [0.05, 0.1) is 0 Å². The van der Waals surface area contributed by atoms with E-state index < -0.39 is 11.7 Å². The van der Waals surface area contributed by atoms with E-state index in [-0.39, 0.29) is 5.91 Å². The Labute approximate surface area is 131 Å². The third-order valence-corrected chi connectivity index (χ3v) is 3.97. The van der Waals surface area contributed by atoms with Gasteiger partial charge in [0.2, 0.25) is 0 Å². The quantitative estimate of drug-likeness (QED) is 0.790. The molecule has 2 N–H and O–H groups in total. The zero-order valence-electron chi connectivity index (χ0n) is 11.8. The number of halogens is 1. The molecule has 0 saturated carbocycles. The fraction of sp³-hybridized carbons (Fsp3) is 0.538. The van der Waals surface area contributed by atoms with Crippen LogP contribution >= 0.6 is 27.3 Å². The lowest BCUT2D eigenvalue weighted by Crippen LogP contribution is -2.34. The second-order valence-electron chi connectivity index (χ2n) is 5.14. The summed E-state index contributed by atoms with van der Waals surface area (Å²) >= 11 is 4.70. The van der Waals surface area contributed by atoms with Gasteiger partial charge in [-0.1, -0.05) is 0 Å². The molecule has 1 aromatic rings. The zero-order chi connectivity index (χ0) is 15.2. The van der Waals surface area contributed by atoms with Gasteiger partial charge in [-0.15, -0.1) is 11.3 Å². The van der Waals surface area contributed by atoms with Gasteiger partial charge in [0, 0.05) is 17.6 Å². The van der Waals surface area contributed by atoms with E-state index >= 15 is 0 Å². The third-order valence-electron chi connectivity index (χ3n) is 2.13. The largest absolute Gasteiger partial charge is 0.444 e. The van der Waals surface area contributed by atoms with Crippen LogP contribution in [0.5, 0.6) is 0 Å². The average Bonchev–Trinajstić information content (AvgIpc) is 2.72. The Balaban J connectivity index is 2.15. The second-order valence-corrected chi connectivity index (χ2v) is 6.91. The van der Waals surface area contributed by atoms with E-state index in [2.05, 4.69) is 26.6 Å². The Hall–Kier alpha value is -1.08. The van der Waals surface area contributed by atoms with Crippen LogP contribution in [0.1, 0.15) is 36.9 Å². The number of ether oxygens (including phenoxy) is 1. The molecule has 5 nitrogen and oxygen atoms in total. The topological polar surface area (TPSA) is 67.4 Å². The van der Waals surface area contributed by atoms with Crippen LogP contribution in [0.3, 0.4) is 0 Å². The number of alkyl carbamates (subject to hydrolysis) is 1. The highest BCUT2D eigenvalue weighted by molar-refractivity contribution is 9.10. The van der Waals surface area contributed by atoms with Crippen LogP contribution in [0.2, 0.25) is 0 Å². The van der Waals surface area contributed by atoms with Crippen LogP contribution in [0, 0.1) is 0 Å². The zero-order valence-corrected chi connectivity index (χ0v) is 14.2. The predicted molar refractivity (Wildman–Crippen MR) is 83.2 cm³/mol. The first-order chi connectivity index (χ1) is 9.29. The van der Waals surface area contributed by atoms with E-state index in [1.54, 1.807) is 0 Å². The van der Waals surface area contributed by atoms with Gasteiger partial charge < -0.3 is 15.4 Å². The van der Waals surface area contributed by atoms with Crippen LogP contribution in [-0.4, -0.2) is 30.7 Å². The molecule has 1 aromatic heterocycles. The SMILES string of the molecule is CC(C)(C)OC(=O)NCCCNC(=O)c1sccc1Br. The van der Waals surface area contributed by atoms with Gasteiger partial charge in [0.1, 0.15) is 10.5 Å². The molecule has 1 rings (SSSR count). The van der Waals surface area contributed by atoms with E-state index in [1.165, 1.54) is 11.3 Å². The van der Waals surface area contributed by atoms with Crippen molar-refractivity contribution in [1.29, 1.82) is 0 Å². The molecule has 0 spiro atoms. The van der Waals surface area contributed by atoms with E-state index in [9.17, 15) is 9.59 Å². The highest BCUT2D eigenvalue weighted by atomic mass is 79.9. The number of nitrogens with one attached hydrogen (secondary N) is 2. The maximum atomic E-state index is 11.8. The van der Waals surface area contributed by atoms with E-state index in [1.807, 2.05) is 32.2 Å². The standard InChI is InChI=1S/C13H19BrN2O3S/c1-13(2,3)19-12(18)16-7-4-6-15-11(17)10-9(14)5-8-20-10/h5,8H,4,6-7H2,1-3H3,(H,15,17)(H,16,18). The van der Waals surface area contributed by atoms with Crippen molar-refractivity contribution in [1.82, 2.24) is 10.6 Å². The van der Waals surface area contributed by atoms with Gasteiger partial charge in [0.25, 0.3) is 5.91 Å². The van der Waals surface area contributed by atoms with Gasteiger partial charge >= 0.3 is 6.09 Å². The maximum absolute atomic E-state index is 11.8. The molecule has 0 radical (unpaired) electrons. The minimum atomic E-state index is -0.496. The van der Waals surface area contributed by atoms with Crippen molar-refractivity contribution in [2.24, 2.45) is 0 Å². The first-order valence-electron chi connectivity index (χ1n) is 6.27. The monoisotopic (exact) mass is 362 g/mol. The summed E-state index contributed by atoms with van der Waals surface area (Å²) < 4.78 is 5.90. The Morgan fingerprint density at radius 1 is 1.30 bits per heavy atom. The minimum Gasteiger partial charge on any atom is -0.444 e. The molecule has 0 aliphatic heterocycles. The number of rotatable bonds is 5. The van der Waals surface area contributed by atoms with Crippen LogP contribution in [0.25, 0.3) is 0 Å². The molecule has 0 saturated heterocycles. The summed E-state index contributed by atoms with van der Waals surface area (Å²) in [6.45, 7) is 6.39. The first-order valence-corrected chi connectivity index (χ1v) is 7.95. The van der Waals surface area contributed by atoms with Crippen molar-refractivity contribution in [3.05, 3.63) is 20.8 Å². The molecule has 1 heterocycles. The number of hydrogen-bond acceptors (Lipinski definition) is 4. The molecule has 0 unspecified atom stereocenters. The molecule has 0 fully saturated rings. The van der Waals surface area contributed by atoms with Gasteiger partial charge in [-0.2, -0.15) is 0 Å². The average molecular weight is 363 g/mol. The number of thiophene rings is 1. The molecule has 20 heavy (non-hydrogen) atoms. The molecule has 2 amide bonds. The number of carbonyl (C=O) groups excluding carboxylic acids is 2. The van der Waals surface area contributed by atoms with Crippen molar-refractivity contribution >= 4 is 39.3 Å². The normalized spacial score (nSPS) is 11.0. The lowest BCUT2D eigenvalue weighted by atomic mass is 10.2. The summed E-state index contributed by atoms with van der Waals surface area (Å²) in [7, 11) is 0. The summed E-state index contributed by atoms with van der Waals surface area (Å²) in [5.41, 5.74) is -0.496. The highest BCUT2D eigenvalue weighted by Crippen LogP contribution is 2.22. The molecule has 112 valence electrons. The Morgan fingerprint density at radius 2 is 1.95 bits per heavy atom. The van der Waals surface area contributed by atoms with Gasteiger partial charge in [-0.3, -0.25) is 4.79 Å². The molecule has 0 atom stereocenters. The minimum absolute atomic E-state index is 0.107. The van der Waals surface area contributed by atoms with E-state index in [0.717, 1.165) is 4.47 Å². The summed E-state index contributed by atoms with van der Waals surface area (Å²) in [6.07, 6.45) is 0.207. The summed E-state index contributed by atoms with van der Waals surface area (Å²) in [5.74, 6) is -0.107. The van der Waals surface area contributed by atoms with Gasteiger partial charge in [0.15, 0.2) is 0 Å². The van der Waals surface area contributed by atoms with Crippen molar-refractivity contribution in [2.75, 3.05) is 13.1 Å². The molecule has 0 aliphatic carbocycles. The Bertz CT molecular complexity index is 468. The van der Waals surface area contributed by atoms with Crippen molar-refractivity contribution < 1.29 is 14.3 Å². The fourth-order valence-corrected chi connectivity index (χ4v) is 2.80. The lowest BCUT2D eigenvalue weighted by molar-refractivity contribution is 0.0527. The van der Waals surface area contributed by atoms with E-state index in [4.69, 9.17) is 4.74 Å².